The van der Waals surface area contributed by atoms with Crippen molar-refractivity contribution in [2.24, 2.45) is 7.05 Å². The number of nitrogens with one attached hydrogen (secondary N) is 1. The zero-order chi connectivity index (χ0) is 13.6. The van der Waals surface area contributed by atoms with Gasteiger partial charge in [0.1, 0.15) is 0 Å². The third kappa shape index (κ3) is 1.75. The molecule has 3 heterocycles. The van der Waals surface area contributed by atoms with Crippen molar-refractivity contribution in [2.75, 3.05) is 0 Å². The van der Waals surface area contributed by atoms with Crippen LogP contribution in [-0.2, 0) is 13.6 Å². The van der Waals surface area contributed by atoms with Gasteiger partial charge in [0.25, 0.3) is 5.56 Å². The van der Waals surface area contributed by atoms with Gasteiger partial charge in [-0.05, 0) is 0 Å². The highest BCUT2D eigenvalue weighted by Gasteiger charge is 2.13. The van der Waals surface area contributed by atoms with E-state index in [2.05, 4.69) is 20.1 Å². The van der Waals surface area contributed by atoms with E-state index in [0.29, 0.717) is 22.9 Å². The van der Waals surface area contributed by atoms with Gasteiger partial charge in [-0.25, -0.2) is 9.78 Å². The van der Waals surface area contributed by atoms with E-state index in [-0.39, 0.29) is 6.54 Å². The maximum atomic E-state index is 11.8. The van der Waals surface area contributed by atoms with Crippen LogP contribution in [0.25, 0.3) is 11.2 Å². The molecule has 3 aromatic heterocycles. The molecule has 0 radical (unpaired) electrons. The Balaban J connectivity index is 2.18. The number of hydrogen-bond donors (Lipinski definition) is 1. The number of H-pyrrole nitrogens is 1. The van der Waals surface area contributed by atoms with Gasteiger partial charge in [0.15, 0.2) is 17.0 Å². The van der Waals surface area contributed by atoms with Gasteiger partial charge in [-0.1, -0.05) is 5.16 Å². The summed E-state index contributed by atoms with van der Waals surface area (Å²) in [4.78, 5) is 33.6. The number of aryl methyl sites for hydroxylation is 2. The topological polar surface area (TPSA) is 112 Å². The van der Waals surface area contributed by atoms with E-state index in [4.69, 9.17) is 4.52 Å². The SMILES string of the molecule is Cc1nc(Cn2cnc3c2c(=O)[nH]c(=O)n3C)no1. The van der Waals surface area contributed by atoms with Gasteiger partial charge in [-0.3, -0.25) is 14.3 Å². The maximum absolute atomic E-state index is 11.8. The van der Waals surface area contributed by atoms with Crippen LogP contribution in [0.4, 0.5) is 0 Å². The van der Waals surface area contributed by atoms with Crippen LogP contribution >= 0.6 is 0 Å². The lowest BCUT2D eigenvalue weighted by Gasteiger charge is -2.00. The van der Waals surface area contributed by atoms with Gasteiger partial charge < -0.3 is 9.09 Å². The van der Waals surface area contributed by atoms with Crippen LogP contribution in [0.15, 0.2) is 20.4 Å². The second kappa shape index (κ2) is 3.90. The fourth-order valence-corrected chi connectivity index (χ4v) is 1.86. The number of fused-ring (bicyclic) bond motifs is 1. The molecule has 3 aromatic rings. The normalized spacial score (nSPS) is 11.3. The van der Waals surface area contributed by atoms with Gasteiger partial charge in [0, 0.05) is 14.0 Å². The largest absolute Gasteiger partial charge is 0.340 e. The molecule has 0 bridgehead atoms. The van der Waals surface area contributed by atoms with Crippen LogP contribution in [0.2, 0.25) is 0 Å². The lowest BCUT2D eigenvalue weighted by Crippen LogP contribution is -2.29. The molecule has 0 unspecified atom stereocenters. The number of aromatic amines is 1. The first-order valence-electron chi connectivity index (χ1n) is 5.49. The minimum absolute atomic E-state index is 0.245. The van der Waals surface area contributed by atoms with Crippen LogP contribution in [0.5, 0.6) is 0 Å². The molecule has 0 aromatic carbocycles. The predicted molar refractivity (Wildman–Crippen MR) is 63.7 cm³/mol. The Morgan fingerprint density at radius 1 is 1.42 bits per heavy atom. The Labute approximate surface area is 105 Å². The van der Waals surface area contributed by atoms with Crippen LogP contribution < -0.4 is 11.2 Å². The van der Waals surface area contributed by atoms with Crippen LogP contribution in [0.1, 0.15) is 11.7 Å². The van der Waals surface area contributed by atoms with E-state index in [1.165, 1.54) is 17.9 Å². The van der Waals surface area contributed by atoms with Crippen molar-refractivity contribution >= 4 is 11.2 Å². The summed E-state index contributed by atoms with van der Waals surface area (Å²) in [6.45, 7) is 1.92. The molecular weight excluding hydrogens is 252 g/mol. The van der Waals surface area contributed by atoms with Crippen molar-refractivity contribution in [3.63, 3.8) is 0 Å². The first kappa shape index (κ1) is 11.4. The van der Waals surface area contributed by atoms with E-state index in [0.717, 1.165) is 0 Å². The third-order valence-corrected chi connectivity index (χ3v) is 2.76. The number of hydrogen-bond acceptors (Lipinski definition) is 6. The average molecular weight is 262 g/mol. The number of nitrogens with zero attached hydrogens (tertiary/aromatic N) is 5. The second-order valence-corrected chi connectivity index (χ2v) is 4.09. The Kier molecular flexibility index (Phi) is 2.34. The molecule has 0 atom stereocenters. The molecule has 0 saturated heterocycles. The summed E-state index contributed by atoms with van der Waals surface area (Å²) < 4.78 is 7.70. The molecule has 1 N–H and O–H groups in total. The second-order valence-electron chi connectivity index (χ2n) is 4.09. The van der Waals surface area contributed by atoms with Crippen molar-refractivity contribution in [1.29, 1.82) is 0 Å². The number of imidazole rings is 1. The van der Waals surface area contributed by atoms with E-state index in [9.17, 15) is 9.59 Å². The highest BCUT2D eigenvalue weighted by molar-refractivity contribution is 5.69. The minimum Gasteiger partial charge on any atom is -0.340 e. The third-order valence-electron chi connectivity index (χ3n) is 2.76. The minimum atomic E-state index is -0.502. The summed E-state index contributed by atoms with van der Waals surface area (Å²) >= 11 is 0. The van der Waals surface area contributed by atoms with Crippen molar-refractivity contribution in [3.05, 3.63) is 38.9 Å². The first-order chi connectivity index (χ1) is 9.06. The summed E-state index contributed by atoms with van der Waals surface area (Å²) in [7, 11) is 1.54. The zero-order valence-corrected chi connectivity index (χ0v) is 10.2. The summed E-state index contributed by atoms with van der Waals surface area (Å²) in [5.41, 5.74) is -0.382. The highest BCUT2D eigenvalue weighted by Crippen LogP contribution is 2.07. The molecule has 0 fully saturated rings. The van der Waals surface area contributed by atoms with E-state index in [1.807, 2.05) is 0 Å². The fourth-order valence-electron chi connectivity index (χ4n) is 1.86. The quantitative estimate of drug-likeness (QED) is 0.644. The summed E-state index contributed by atoms with van der Waals surface area (Å²) in [6, 6.07) is 0. The number of rotatable bonds is 2. The summed E-state index contributed by atoms with van der Waals surface area (Å²) in [6.07, 6.45) is 1.46. The Morgan fingerprint density at radius 3 is 2.89 bits per heavy atom. The molecule has 0 spiro atoms. The van der Waals surface area contributed by atoms with Crippen molar-refractivity contribution in [1.82, 2.24) is 29.2 Å². The lowest BCUT2D eigenvalue weighted by atomic mass is 10.5. The molecule has 9 heteroatoms. The Morgan fingerprint density at radius 2 is 2.21 bits per heavy atom. The average Bonchev–Trinajstić information content (AvgIpc) is 2.94. The highest BCUT2D eigenvalue weighted by atomic mass is 16.5. The zero-order valence-electron chi connectivity index (χ0n) is 10.2. The van der Waals surface area contributed by atoms with Gasteiger partial charge in [-0.15, -0.1) is 0 Å². The van der Waals surface area contributed by atoms with Gasteiger partial charge >= 0.3 is 5.69 Å². The van der Waals surface area contributed by atoms with Crippen molar-refractivity contribution in [2.45, 2.75) is 13.5 Å². The molecule has 98 valence electrons. The first-order valence-corrected chi connectivity index (χ1v) is 5.49. The smallest absolute Gasteiger partial charge is 0.329 e. The monoisotopic (exact) mass is 262 g/mol. The molecule has 0 aliphatic carbocycles. The van der Waals surface area contributed by atoms with Crippen LogP contribution in [0, 0.1) is 6.92 Å². The van der Waals surface area contributed by atoms with Gasteiger partial charge in [-0.2, -0.15) is 4.98 Å². The molecule has 19 heavy (non-hydrogen) atoms. The molecule has 9 nitrogen and oxygen atoms in total. The molecule has 0 aliphatic heterocycles. The van der Waals surface area contributed by atoms with E-state index in [1.54, 1.807) is 11.5 Å². The molecule has 3 rings (SSSR count). The Hall–Kier alpha value is -2.71. The lowest BCUT2D eigenvalue weighted by molar-refractivity contribution is 0.386. The van der Waals surface area contributed by atoms with Gasteiger partial charge in [0.05, 0.1) is 12.9 Å². The molecule has 0 saturated carbocycles. The fraction of sp³-hybridized carbons (Fsp3) is 0.300. The van der Waals surface area contributed by atoms with E-state index < -0.39 is 11.2 Å². The van der Waals surface area contributed by atoms with Crippen LogP contribution in [0.3, 0.4) is 0 Å². The van der Waals surface area contributed by atoms with Crippen molar-refractivity contribution < 1.29 is 4.52 Å². The predicted octanol–water partition coefficient (Wildman–Crippen LogP) is -0.837. The van der Waals surface area contributed by atoms with Crippen molar-refractivity contribution in [3.8, 4) is 0 Å². The maximum Gasteiger partial charge on any atom is 0.329 e. The van der Waals surface area contributed by atoms with Crippen LogP contribution in [-0.4, -0.2) is 29.2 Å². The molecular formula is C10H10N6O3. The Bertz CT molecular complexity index is 867. The number of aromatic nitrogens is 6. The summed E-state index contributed by atoms with van der Waals surface area (Å²) in [5.74, 6) is 0.880. The molecule has 0 amide bonds. The van der Waals surface area contributed by atoms with Gasteiger partial charge in [0.2, 0.25) is 5.89 Å². The van der Waals surface area contributed by atoms with E-state index >= 15 is 0 Å². The summed E-state index contributed by atoms with van der Waals surface area (Å²) in [5, 5.41) is 3.75. The molecule has 0 aliphatic rings. The standard InChI is InChI=1S/C10H10N6O3/c1-5-12-6(14-19-5)3-16-4-11-8-7(16)9(17)13-10(18)15(8)2/h4H,3H2,1-2H3,(H,13,17,18).